The maximum absolute atomic E-state index is 13.7. The number of amides is 1. The second-order valence-corrected chi connectivity index (χ2v) is 10.7. The number of aliphatic hydroxyl groups excluding tert-OH is 1. The minimum Gasteiger partial charge on any atom is -0.444 e. The van der Waals surface area contributed by atoms with Gasteiger partial charge in [0.2, 0.25) is 0 Å². The zero-order valence-corrected chi connectivity index (χ0v) is 20.1. The smallest absolute Gasteiger partial charge is 0.410 e. The molecule has 3 unspecified atom stereocenters. The van der Waals surface area contributed by atoms with Crippen molar-refractivity contribution >= 4 is 6.09 Å². The molecule has 0 saturated carbocycles. The van der Waals surface area contributed by atoms with Crippen LogP contribution in [0.4, 0.5) is 9.18 Å². The molecule has 1 spiro atoms. The van der Waals surface area contributed by atoms with Crippen molar-refractivity contribution in [1.82, 2.24) is 9.80 Å². The van der Waals surface area contributed by atoms with E-state index in [0.717, 1.165) is 24.1 Å². The number of aliphatic hydroxyl groups is 1. The number of nitrogens with zero attached hydrogens (tertiary/aromatic N) is 2. The fourth-order valence-electron chi connectivity index (χ4n) is 5.19. The number of benzene rings is 2. The summed E-state index contributed by atoms with van der Waals surface area (Å²) in [7, 11) is 0. The zero-order chi connectivity index (χ0) is 23.8. The lowest BCUT2D eigenvalue weighted by Crippen LogP contribution is -2.55. The lowest BCUT2D eigenvalue weighted by atomic mass is 9.76. The maximum atomic E-state index is 13.7. The molecule has 2 saturated heterocycles. The van der Waals surface area contributed by atoms with Crippen LogP contribution in [0, 0.1) is 18.2 Å². The van der Waals surface area contributed by atoms with Crippen molar-refractivity contribution < 1.29 is 19.0 Å². The fourth-order valence-corrected chi connectivity index (χ4v) is 5.19. The van der Waals surface area contributed by atoms with Gasteiger partial charge in [0.05, 0.1) is 12.1 Å². The molecule has 0 aliphatic carbocycles. The number of rotatable bonds is 3. The van der Waals surface area contributed by atoms with Crippen LogP contribution in [0.5, 0.6) is 0 Å². The molecule has 2 fully saturated rings. The zero-order valence-electron chi connectivity index (χ0n) is 20.1. The number of aryl methyl sites for hydroxylation is 1. The predicted molar refractivity (Wildman–Crippen MR) is 126 cm³/mol. The van der Waals surface area contributed by atoms with Gasteiger partial charge < -0.3 is 14.7 Å². The molecule has 2 aliphatic heterocycles. The van der Waals surface area contributed by atoms with Crippen LogP contribution in [0.1, 0.15) is 56.3 Å². The van der Waals surface area contributed by atoms with Gasteiger partial charge >= 0.3 is 6.09 Å². The first-order valence-electron chi connectivity index (χ1n) is 11.8. The van der Waals surface area contributed by atoms with Gasteiger partial charge in [0.15, 0.2) is 0 Å². The standard InChI is InChI=1S/C27H35FN2O3/c1-19-5-7-20(8-6-19)24(21-9-11-22(28)12-10-21)29-16-14-27(17-29)18-30(15-13-23(27)31)25(32)33-26(2,3)4/h5-12,23-24,31H,13-18H2,1-4H3. The maximum Gasteiger partial charge on any atom is 0.410 e. The van der Waals surface area contributed by atoms with Crippen molar-refractivity contribution in [2.75, 3.05) is 26.2 Å². The molecule has 2 heterocycles. The van der Waals surface area contributed by atoms with Gasteiger partial charge in [-0.05, 0) is 70.3 Å². The van der Waals surface area contributed by atoms with E-state index in [9.17, 15) is 14.3 Å². The highest BCUT2D eigenvalue weighted by atomic mass is 19.1. The van der Waals surface area contributed by atoms with Crippen molar-refractivity contribution in [3.05, 3.63) is 71.0 Å². The molecule has 1 amide bonds. The molecule has 33 heavy (non-hydrogen) atoms. The molecule has 2 aromatic rings. The van der Waals surface area contributed by atoms with E-state index in [1.54, 1.807) is 4.90 Å². The van der Waals surface area contributed by atoms with Crippen molar-refractivity contribution in [1.29, 1.82) is 0 Å². The Morgan fingerprint density at radius 2 is 1.67 bits per heavy atom. The monoisotopic (exact) mass is 454 g/mol. The largest absolute Gasteiger partial charge is 0.444 e. The highest BCUT2D eigenvalue weighted by Gasteiger charge is 2.50. The molecule has 3 atom stereocenters. The highest BCUT2D eigenvalue weighted by Crippen LogP contribution is 2.44. The van der Waals surface area contributed by atoms with Gasteiger partial charge in [-0.1, -0.05) is 42.0 Å². The summed E-state index contributed by atoms with van der Waals surface area (Å²) in [6.45, 7) is 10.1. The van der Waals surface area contributed by atoms with Gasteiger partial charge in [0, 0.05) is 25.0 Å². The number of ether oxygens (including phenoxy) is 1. The Bertz CT molecular complexity index is 925. The number of hydrogen-bond acceptors (Lipinski definition) is 4. The Hall–Kier alpha value is -2.44. The van der Waals surface area contributed by atoms with Gasteiger partial charge in [-0.2, -0.15) is 0 Å². The normalized spacial score (nSPS) is 24.8. The summed E-state index contributed by atoms with van der Waals surface area (Å²) >= 11 is 0. The van der Waals surface area contributed by atoms with Crippen LogP contribution in [-0.4, -0.2) is 58.9 Å². The Balaban J connectivity index is 1.60. The van der Waals surface area contributed by atoms with E-state index < -0.39 is 17.1 Å². The van der Waals surface area contributed by atoms with E-state index in [0.29, 0.717) is 26.1 Å². The summed E-state index contributed by atoms with van der Waals surface area (Å²) < 4.78 is 19.3. The Labute approximate surface area is 196 Å². The van der Waals surface area contributed by atoms with E-state index in [-0.39, 0.29) is 18.0 Å². The summed E-state index contributed by atoms with van der Waals surface area (Å²) in [6, 6.07) is 15.1. The SMILES string of the molecule is Cc1ccc(C(c2ccc(F)cc2)N2CCC3(CN(C(=O)OC(C)(C)C)CCC3O)C2)cc1. The predicted octanol–water partition coefficient (Wildman–Crippen LogP) is 4.92. The molecule has 0 radical (unpaired) electrons. The Kier molecular flexibility index (Phi) is 6.52. The van der Waals surface area contributed by atoms with Crippen molar-refractivity contribution in [3.63, 3.8) is 0 Å². The van der Waals surface area contributed by atoms with E-state index in [1.807, 2.05) is 32.9 Å². The summed E-state index contributed by atoms with van der Waals surface area (Å²) in [5.74, 6) is -0.255. The number of halogens is 1. The summed E-state index contributed by atoms with van der Waals surface area (Å²) in [4.78, 5) is 16.9. The van der Waals surface area contributed by atoms with Gasteiger partial charge in [-0.15, -0.1) is 0 Å². The third-order valence-corrected chi connectivity index (χ3v) is 6.90. The van der Waals surface area contributed by atoms with E-state index in [1.165, 1.54) is 17.7 Å². The van der Waals surface area contributed by atoms with Crippen molar-refractivity contribution in [2.45, 2.75) is 58.3 Å². The number of hydrogen-bond donors (Lipinski definition) is 1. The first-order valence-corrected chi connectivity index (χ1v) is 11.8. The Morgan fingerprint density at radius 3 is 2.27 bits per heavy atom. The van der Waals surface area contributed by atoms with Crippen LogP contribution in [0.2, 0.25) is 0 Å². The first-order chi connectivity index (χ1) is 15.6. The third kappa shape index (κ3) is 5.22. The quantitative estimate of drug-likeness (QED) is 0.716. The van der Waals surface area contributed by atoms with Crippen molar-refractivity contribution in [2.24, 2.45) is 5.41 Å². The molecule has 0 bridgehead atoms. The fraction of sp³-hybridized carbons (Fsp3) is 0.519. The average Bonchev–Trinajstić information content (AvgIpc) is 3.16. The average molecular weight is 455 g/mol. The van der Waals surface area contributed by atoms with E-state index in [4.69, 9.17) is 4.74 Å². The molecule has 2 aliphatic rings. The van der Waals surface area contributed by atoms with Crippen LogP contribution in [0.25, 0.3) is 0 Å². The van der Waals surface area contributed by atoms with E-state index in [2.05, 4.69) is 36.1 Å². The highest BCUT2D eigenvalue weighted by molar-refractivity contribution is 5.68. The first kappa shape index (κ1) is 23.7. The molecular weight excluding hydrogens is 419 g/mol. The van der Waals surface area contributed by atoms with Crippen LogP contribution in [0.3, 0.4) is 0 Å². The molecule has 5 nitrogen and oxygen atoms in total. The van der Waals surface area contributed by atoms with Gasteiger partial charge in [-0.25, -0.2) is 9.18 Å². The van der Waals surface area contributed by atoms with Gasteiger partial charge in [0.1, 0.15) is 11.4 Å². The number of carbonyl (C=O) groups is 1. The molecule has 1 N–H and O–H groups in total. The Morgan fingerprint density at radius 1 is 1.06 bits per heavy atom. The molecule has 6 heteroatoms. The minimum atomic E-state index is -0.554. The van der Waals surface area contributed by atoms with E-state index >= 15 is 0 Å². The van der Waals surface area contributed by atoms with Gasteiger partial charge in [0.25, 0.3) is 0 Å². The minimum absolute atomic E-state index is 0.0466. The summed E-state index contributed by atoms with van der Waals surface area (Å²) in [5.41, 5.74) is 2.38. The van der Waals surface area contributed by atoms with Crippen molar-refractivity contribution in [3.8, 4) is 0 Å². The van der Waals surface area contributed by atoms with Crippen LogP contribution in [0.15, 0.2) is 48.5 Å². The second kappa shape index (κ2) is 9.07. The molecular formula is C27H35FN2O3. The molecule has 2 aromatic carbocycles. The second-order valence-electron chi connectivity index (χ2n) is 10.7. The lowest BCUT2D eigenvalue weighted by Gasteiger charge is -2.44. The van der Waals surface area contributed by atoms with Gasteiger partial charge in [-0.3, -0.25) is 4.90 Å². The van der Waals surface area contributed by atoms with Crippen LogP contribution >= 0.6 is 0 Å². The number of piperidine rings is 1. The number of carbonyl (C=O) groups excluding carboxylic acids is 1. The summed E-state index contributed by atoms with van der Waals surface area (Å²) in [6.07, 6.45) is 0.532. The van der Waals surface area contributed by atoms with Crippen LogP contribution in [-0.2, 0) is 4.74 Å². The molecule has 4 rings (SSSR count). The van der Waals surface area contributed by atoms with Crippen LogP contribution < -0.4 is 0 Å². The molecule has 178 valence electrons. The topological polar surface area (TPSA) is 53.0 Å². The third-order valence-electron chi connectivity index (χ3n) is 6.90. The number of likely N-dealkylation sites (tertiary alicyclic amines) is 2. The lowest BCUT2D eigenvalue weighted by molar-refractivity contribution is -0.0498. The molecule has 0 aromatic heterocycles. The summed E-state index contributed by atoms with van der Waals surface area (Å²) in [5, 5.41) is 11.1.